The van der Waals surface area contributed by atoms with E-state index in [0.29, 0.717) is 28.2 Å². The lowest BCUT2D eigenvalue weighted by molar-refractivity contribution is 0.269. The lowest BCUT2D eigenvalue weighted by Gasteiger charge is -2.16. The molecule has 3 aromatic rings. The molecule has 0 amide bonds. The molecular weight excluding hydrogens is 481 g/mol. The molecule has 7 heteroatoms. The van der Waals surface area contributed by atoms with Crippen LogP contribution >= 0.6 is 50.5 Å². The van der Waals surface area contributed by atoms with Crippen LogP contribution in [0.15, 0.2) is 52.3 Å². The zero-order valence-corrected chi connectivity index (χ0v) is 19.2. The lowest BCUT2D eigenvalue weighted by Crippen LogP contribution is -2.12. The highest BCUT2D eigenvalue weighted by atomic mass is 79.9. The third-order valence-corrected chi connectivity index (χ3v) is 6.36. The van der Waals surface area contributed by atoms with Crippen molar-refractivity contribution in [3.8, 4) is 11.5 Å². The van der Waals surface area contributed by atoms with E-state index in [-0.39, 0.29) is 6.61 Å². The van der Waals surface area contributed by atoms with Crippen molar-refractivity contribution in [2.45, 2.75) is 26.6 Å². The van der Waals surface area contributed by atoms with Gasteiger partial charge in [-0.05, 0) is 48.2 Å². The van der Waals surface area contributed by atoms with E-state index < -0.39 is 0 Å². The fourth-order valence-corrected chi connectivity index (χ4v) is 4.29. The SMILES string of the molecule is CCOc1cc(CNCc2cccs2)c(Br)cc1OCc1c(Cl)cccc1Cl. The second-order valence-electron chi connectivity index (χ2n) is 6.00. The zero-order chi connectivity index (χ0) is 19.9. The summed E-state index contributed by atoms with van der Waals surface area (Å²) < 4.78 is 12.7. The van der Waals surface area contributed by atoms with Crippen molar-refractivity contribution in [1.29, 1.82) is 0 Å². The maximum Gasteiger partial charge on any atom is 0.162 e. The van der Waals surface area contributed by atoms with Crippen LogP contribution in [0.1, 0.15) is 22.9 Å². The Balaban J connectivity index is 1.72. The number of halogens is 3. The Morgan fingerprint density at radius 3 is 2.43 bits per heavy atom. The van der Waals surface area contributed by atoms with E-state index in [1.165, 1.54) is 4.88 Å². The molecule has 2 aromatic carbocycles. The van der Waals surface area contributed by atoms with E-state index in [9.17, 15) is 0 Å². The highest BCUT2D eigenvalue weighted by Crippen LogP contribution is 2.35. The molecule has 1 heterocycles. The van der Waals surface area contributed by atoms with Crippen LogP contribution in [0.2, 0.25) is 10.0 Å². The van der Waals surface area contributed by atoms with Gasteiger partial charge in [-0.15, -0.1) is 11.3 Å². The number of hydrogen-bond donors (Lipinski definition) is 1. The monoisotopic (exact) mass is 499 g/mol. The Hall–Kier alpha value is -1.24. The largest absolute Gasteiger partial charge is 0.490 e. The van der Waals surface area contributed by atoms with Crippen molar-refractivity contribution >= 4 is 50.5 Å². The molecule has 0 radical (unpaired) electrons. The Morgan fingerprint density at radius 1 is 1.00 bits per heavy atom. The fraction of sp³-hybridized carbons (Fsp3) is 0.238. The van der Waals surface area contributed by atoms with E-state index >= 15 is 0 Å². The van der Waals surface area contributed by atoms with Gasteiger partial charge in [-0.3, -0.25) is 0 Å². The average molecular weight is 501 g/mol. The second kappa shape index (κ2) is 10.5. The summed E-state index contributed by atoms with van der Waals surface area (Å²) in [6.07, 6.45) is 0. The summed E-state index contributed by atoms with van der Waals surface area (Å²) in [6, 6.07) is 13.5. The number of benzene rings is 2. The molecule has 0 aliphatic rings. The summed E-state index contributed by atoms with van der Waals surface area (Å²) in [5.74, 6) is 1.34. The first kappa shape index (κ1) is 21.5. The van der Waals surface area contributed by atoms with Crippen molar-refractivity contribution in [2.75, 3.05) is 6.61 Å². The number of hydrogen-bond acceptors (Lipinski definition) is 4. The maximum atomic E-state index is 6.24. The van der Waals surface area contributed by atoms with Crippen LogP contribution < -0.4 is 14.8 Å². The van der Waals surface area contributed by atoms with Crippen LogP contribution in [-0.4, -0.2) is 6.61 Å². The van der Waals surface area contributed by atoms with Gasteiger partial charge in [0.25, 0.3) is 0 Å². The molecule has 0 saturated carbocycles. The molecule has 0 bridgehead atoms. The van der Waals surface area contributed by atoms with Gasteiger partial charge in [-0.25, -0.2) is 0 Å². The van der Waals surface area contributed by atoms with Gasteiger partial charge in [-0.1, -0.05) is 51.3 Å². The van der Waals surface area contributed by atoms with Gasteiger partial charge in [-0.2, -0.15) is 0 Å². The lowest BCUT2D eigenvalue weighted by atomic mass is 10.2. The standard InChI is InChI=1S/C21H20BrCl2NO2S/c1-2-26-20-9-14(11-25-12-15-5-4-8-28-15)17(22)10-21(20)27-13-16-18(23)6-3-7-19(16)24/h3-10,25H,2,11-13H2,1H3. The fourth-order valence-electron chi connectivity index (χ4n) is 2.65. The second-order valence-corrected chi connectivity index (χ2v) is 8.70. The molecule has 0 unspecified atom stereocenters. The minimum absolute atomic E-state index is 0.265. The predicted molar refractivity (Wildman–Crippen MR) is 121 cm³/mol. The average Bonchev–Trinajstić information content (AvgIpc) is 3.18. The minimum Gasteiger partial charge on any atom is -0.490 e. The molecule has 3 rings (SSSR count). The van der Waals surface area contributed by atoms with Gasteiger partial charge >= 0.3 is 0 Å². The van der Waals surface area contributed by atoms with Crippen molar-refractivity contribution in [1.82, 2.24) is 5.32 Å². The Kier molecular flexibility index (Phi) is 8.06. The molecule has 28 heavy (non-hydrogen) atoms. The number of ether oxygens (including phenoxy) is 2. The van der Waals surface area contributed by atoms with Gasteiger partial charge in [0.2, 0.25) is 0 Å². The minimum atomic E-state index is 0.265. The van der Waals surface area contributed by atoms with Crippen LogP contribution in [0.25, 0.3) is 0 Å². The van der Waals surface area contributed by atoms with Crippen LogP contribution in [-0.2, 0) is 19.7 Å². The molecule has 3 nitrogen and oxygen atoms in total. The topological polar surface area (TPSA) is 30.5 Å². The highest BCUT2D eigenvalue weighted by molar-refractivity contribution is 9.10. The van der Waals surface area contributed by atoms with E-state index in [0.717, 1.165) is 28.7 Å². The summed E-state index contributed by atoms with van der Waals surface area (Å²) in [5, 5.41) is 6.70. The van der Waals surface area contributed by atoms with Gasteiger partial charge in [0.15, 0.2) is 11.5 Å². The highest BCUT2D eigenvalue weighted by Gasteiger charge is 2.13. The molecule has 0 aliphatic heterocycles. The molecule has 0 spiro atoms. The van der Waals surface area contributed by atoms with Crippen LogP contribution in [0.3, 0.4) is 0 Å². The summed E-state index contributed by atoms with van der Waals surface area (Å²) in [4.78, 5) is 1.30. The first-order chi connectivity index (χ1) is 13.6. The Bertz CT molecular complexity index is 899. The van der Waals surface area contributed by atoms with Crippen LogP contribution in [0.5, 0.6) is 11.5 Å². The third-order valence-electron chi connectivity index (χ3n) is 4.04. The molecule has 0 aliphatic carbocycles. The normalized spacial score (nSPS) is 10.9. The molecule has 1 N–H and O–H groups in total. The number of thiophene rings is 1. The smallest absolute Gasteiger partial charge is 0.162 e. The summed E-state index contributed by atoms with van der Waals surface area (Å²) >= 11 is 17.9. The van der Waals surface area contributed by atoms with Gasteiger partial charge in [0, 0.05) is 38.0 Å². The molecule has 1 aromatic heterocycles. The first-order valence-electron chi connectivity index (χ1n) is 8.82. The number of nitrogens with one attached hydrogen (secondary N) is 1. The molecule has 0 saturated heterocycles. The quantitative estimate of drug-likeness (QED) is 0.340. The summed E-state index contributed by atoms with van der Waals surface area (Å²) in [7, 11) is 0. The third kappa shape index (κ3) is 5.65. The van der Waals surface area contributed by atoms with Crippen molar-refractivity contribution in [2.24, 2.45) is 0 Å². The van der Waals surface area contributed by atoms with E-state index in [1.807, 2.05) is 25.1 Å². The Labute approximate surface area is 187 Å². The van der Waals surface area contributed by atoms with Crippen molar-refractivity contribution in [3.63, 3.8) is 0 Å². The van der Waals surface area contributed by atoms with Crippen LogP contribution in [0, 0.1) is 0 Å². The molecule has 0 atom stereocenters. The van der Waals surface area contributed by atoms with Crippen molar-refractivity contribution in [3.05, 3.63) is 78.4 Å². The molecular formula is C21H20BrCl2NO2S. The first-order valence-corrected chi connectivity index (χ1v) is 11.2. The van der Waals surface area contributed by atoms with Gasteiger partial charge in [0.05, 0.1) is 6.61 Å². The van der Waals surface area contributed by atoms with Crippen LogP contribution in [0.4, 0.5) is 0 Å². The van der Waals surface area contributed by atoms with Crippen molar-refractivity contribution < 1.29 is 9.47 Å². The Morgan fingerprint density at radius 2 is 1.75 bits per heavy atom. The predicted octanol–water partition coefficient (Wildman–Crippen LogP) is 7.08. The molecule has 148 valence electrons. The summed E-state index contributed by atoms with van der Waals surface area (Å²) in [6.45, 7) is 4.31. The summed E-state index contributed by atoms with van der Waals surface area (Å²) in [5.41, 5.74) is 1.86. The van der Waals surface area contributed by atoms with Gasteiger partial charge < -0.3 is 14.8 Å². The van der Waals surface area contributed by atoms with E-state index in [1.54, 1.807) is 23.5 Å². The molecule has 0 fully saturated rings. The van der Waals surface area contributed by atoms with E-state index in [2.05, 4.69) is 38.8 Å². The van der Waals surface area contributed by atoms with E-state index in [4.69, 9.17) is 32.7 Å². The zero-order valence-electron chi connectivity index (χ0n) is 15.3. The number of rotatable bonds is 9. The van der Waals surface area contributed by atoms with Gasteiger partial charge in [0.1, 0.15) is 6.61 Å². The maximum absolute atomic E-state index is 6.24.